The van der Waals surface area contributed by atoms with E-state index in [1.165, 1.54) is 30.3 Å². The molecule has 0 amide bonds. The second-order valence-corrected chi connectivity index (χ2v) is 4.31. The molecule has 2 nitrogen and oxygen atoms in total. The fourth-order valence-electron chi connectivity index (χ4n) is 1.80. The van der Waals surface area contributed by atoms with Gasteiger partial charge in [-0.3, -0.25) is 4.79 Å². The lowest BCUT2D eigenvalue weighted by Gasteiger charge is -2.09. The van der Waals surface area contributed by atoms with Gasteiger partial charge in [0.15, 0.2) is 5.78 Å². The van der Waals surface area contributed by atoms with Crippen molar-refractivity contribution in [1.82, 2.24) is 0 Å². The lowest BCUT2D eigenvalue weighted by Crippen LogP contribution is -2.17. The van der Waals surface area contributed by atoms with E-state index >= 15 is 0 Å². The first-order chi connectivity index (χ1) is 9.83. The van der Waals surface area contributed by atoms with Gasteiger partial charge in [0.2, 0.25) is 0 Å². The quantitative estimate of drug-likeness (QED) is 0.626. The van der Waals surface area contributed by atoms with Crippen LogP contribution in [-0.4, -0.2) is 12.1 Å². The average Bonchev–Trinajstić information content (AvgIpc) is 2.37. The molecule has 0 aliphatic heterocycles. The fraction of sp³-hybridized carbons (Fsp3) is 0.133. The van der Waals surface area contributed by atoms with Gasteiger partial charge in [0.25, 0.3) is 0 Å². The highest BCUT2D eigenvalue weighted by atomic mass is 19.4. The molecule has 6 heteroatoms. The Morgan fingerprint density at radius 1 is 1.05 bits per heavy atom. The molecule has 2 aromatic rings. The number of hydrogen-bond acceptors (Lipinski definition) is 2. The minimum Gasteiger partial charge on any atom is -0.406 e. The zero-order chi connectivity index (χ0) is 15.5. The molecule has 0 atom stereocenters. The Morgan fingerprint density at radius 3 is 2.43 bits per heavy atom. The van der Waals surface area contributed by atoms with Crippen LogP contribution in [0.2, 0.25) is 0 Å². The number of alkyl halides is 3. The average molecular weight is 298 g/mol. The molecule has 0 N–H and O–H groups in total. The summed E-state index contributed by atoms with van der Waals surface area (Å²) in [5.74, 6) is -1.37. The number of rotatable bonds is 4. The van der Waals surface area contributed by atoms with E-state index in [0.717, 1.165) is 12.1 Å². The van der Waals surface area contributed by atoms with E-state index in [-0.39, 0.29) is 12.0 Å². The van der Waals surface area contributed by atoms with Crippen LogP contribution in [0.3, 0.4) is 0 Å². The maximum absolute atomic E-state index is 13.0. The highest BCUT2D eigenvalue weighted by Crippen LogP contribution is 2.23. The first kappa shape index (κ1) is 15.0. The molecule has 0 heterocycles. The predicted molar refractivity (Wildman–Crippen MR) is 67.6 cm³/mol. The molecule has 21 heavy (non-hydrogen) atoms. The van der Waals surface area contributed by atoms with Crippen molar-refractivity contribution in [2.75, 3.05) is 0 Å². The van der Waals surface area contributed by atoms with E-state index in [9.17, 15) is 22.4 Å². The molecular weight excluding hydrogens is 288 g/mol. The summed E-state index contributed by atoms with van der Waals surface area (Å²) in [7, 11) is 0. The number of halogens is 4. The number of hydrogen-bond donors (Lipinski definition) is 0. The number of carbonyl (C=O) groups excluding carboxylic acids is 1. The first-order valence-electron chi connectivity index (χ1n) is 5.97. The van der Waals surface area contributed by atoms with Gasteiger partial charge in [0, 0.05) is 12.0 Å². The third-order valence-electron chi connectivity index (χ3n) is 2.64. The summed E-state index contributed by atoms with van der Waals surface area (Å²) < 4.78 is 53.1. The van der Waals surface area contributed by atoms with Crippen LogP contribution in [0.25, 0.3) is 0 Å². The molecule has 0 bridgehead atoms. The first-order valence-corrected chi connectivity index (χ1v) is 5.97. The summed E-state index contributed by atoms with van der Waals surface area (Å²) in [6.45, 7) is 0. The van der Waals surface area contributed by atoms with Crippen molar-refractivity contribution in [2.45, 2.75) is 12.8 Å². The maximum Gasteiger partial charge on any atom is 0.573 e. The molecule has 2 aromatic carbocycles. The number of Topliss-reactive ketones (excluding diaryl/α,β-unsaturated/α-hetero) is 1. The van der Waals surface area contributed by atoms with Gasteiger partial charge in [0.05, 0.1) is 0 Å². The van der Waals surface area contributed by atoms with Crippen LogP contribution in [0.4, 0.5) is 17.6 Å². The van der Waals surface area contributed by atoms with E-state index in [0.29, 0.717) is 5.56 Å². The van der Waals surface area contributed by atoms with E-state index in [4.69, 9.17) is 0 Å². The highest BCUT2D eigenvalue weighted by Gasteiger charge is 2.31. The number of benzene rings is 2. The summed E-state index contributed by atoms with van der Waals surface area (Å²) in [5, 5.41) is 0. The van der Waals surface area contributed by atoms with Crippen LogP contribution in [0.5, 0.6) is 5.75 Å². The summed E-state index contributed by atoms with van der Waals surface area (Å²) in [4.78, 5) is 12.0. The molecule has 2 rings (SSSR count). The Balaban J connectivity index is 2.14. The van der Waals surface area contributed by atoms with Crippen LogP contribution in [0.1, 0.15) is 15.9 Å². The summed E-state index contributed by atoms with van der Waals surface area (Å²) in [5.41, 5.74) is 0.517. The van der Waals surface area contributed by atoms with Gasteiger partial charge in [-0.2, -0.15) is 0 Å². The van der Waals surface area contributed by atoms with Gasteiger partial charge >= 0.3 is 6.36 Å². The van der Waals surface area contributed by atoms with Gasteiger partial charge in [-0.25, -0.2) is 4.39 Å². The smallest absolute Gasteiger partial charge is 0.406 e. The Kier molecular flexibility index (Phi) is 4.26. The van der Waals surface area contributed by atoms with Gasteiger partial charge in [-0.15, -0.1) is 13.2 Å². The number of ether oxygens (including phenoxy) is 1. The van der Waals surface area contributed by atoms with Crippen LogP contribution in [0, 0.1) is 5.82 Å². The highest BCUT2D eigenvalue weighted by molar-refractivity contribution is 5.97. The SMILES string of the molecule is O=C(Cc1cccc(F)c1)c1cccc(OC(F)(F)F)c1. The second-order valence-electron chi connectivity index (χ2n) is 4.31. The number of ketones is 1. The molecule has 0 unspecified atom stereocenters. The molecular formula is C15H10F4O2. The lowest BCUT2D eigenvalue weighted by atomic mass is 10.0. The maximum atomic E-state index is 13.0. The minimum atomic E-state index is -4.82. The second kappa shape index (κ2) is 5.95. The van der Waals surface area contributed by atoms with Gasteiger partial charge in [-0.1, -0.05) is 24.3 Å². The third kappa shape index (κ3) is 4.59. The summed E-state index contributed by atoms with van der Waals surface area (Å²) in [6.07, 6.45) is -4.92. The van der Waals surface area contributed by atoms with Crippen molar-refractivity contribution >= 4 is 5.78 Å². The fourth-order valence-corrected chi connectivity index (χ4v) is 1.80. The van der Waals surface area contributed by atoms with E-state index in [2.05, 4.69) is 4.74 Å². The lowest BCUT2D eigenvalue weighted by molar-refractivity contribution is -0.274. The Labute approximate surface area is 118 Å². The monoisotopic (exact) mass is 298 g/mol. The van der Waals surface area contributed by atoms with Crippen molar-refractivity contribution < 1.29 is 27.1 Å². The molecule has 0 aromatic heterocycles. The number of carbonyl (C=O) groups is 1. The van der Waals surface area contributed by atoms with Crippen molar-refractivity contribution in [1.29, 1.82) is 0 Å². The van der Waals surface area contributed by atoms with Gasteiger partial charge in [-0.05, 0) is 29.8 Å². The molecule has 0 aliphatic carbocycles. The molecule has 0 radical (unpaired) electrons. The van der Waals surface area contributed by atoms with Crippen LogP contribution in [-0.2, 0) is 6.42 Å². The topological polar surface area (TPSA) is 26.3 Å². The Bertz CT molecular complexity index is 650. The van der Waals surface area contributed by atoms with Crippen molar-refractivity contribution in [3.05, 3.63) is 65.5 Å². The minimum absolute atomic E-state index is 0.0704. The molecule has 0 saturated carbocycles. The molecule has 0 fully saturated rings. The standard InChI is InChI=1S/C15H10F4O2/c16-12-5-1-3-10(7-12)8-14(20)11-4-2-6-13(9-11)21-15(17,18)19/h1-7,9H,8H2. The van der Waals surface area contributed by atoms with Crippen molar-refractivity contribution in [2.24, 2.45) is 0 Å². The van der Waals surface area contributed by atoms with Crippen molar-refractivity contribution in [3.8, 4) is 5.75 Å². The predicted octanol–water partition coefficient (Wildman–Crippen LogP) is 4.15. The zero-order valence-electron chi connectivity index (χ0n) is 10.7. The van der Waals surface area contributed by atoms with E-state index in [1.54, 1.807) is 6.07 Å². The van der Waals surface area contributed by atoms with Crippen LogP contribution < -0.4 is 4.74 Å². The zero-order valence-corrected chi connectivity index (χ0v) is 10.7. The Morgan fingerprint density at radius 2 is 1.76 bits per heavy atom. The van der Waals surface area contributed by atoms with Crippen LogP contribution >= 0.6 is 0 Å². The third-order valence-corrected chi connectivity index (χ3v) is 2.64. The normalized spacial score (nSPS) is 11.2. The largest absolute Gasteiger partial charge is 0.573 e. The molecule has 0 saturated heterocycles. The summed E-state index contributed by atoms with van der Waals surface area (Å²) in [6, 6.07) is 10.3. The van der Waals surface area contributed by atoms with Crippen molar-refractivity contribution in [3.63, 3.8) is 0 Å². The summed E-state index contributed by atoms with van der Waals surface area (Å²) >= 11 is 0. The van der Waals surface area contributed by atoms with Gasteiger partial charge in [0.1, 0.15) is 11.6 Å². The molecule has 110 valence electrons. The molecule has 0 spiro atoms. The molecule has 0 aliphatic rings. The van der Waals surface area contributed by atoms with E-state index < -0.39 is 23.7 Å². The van der Waals surface area contributed by atoms with E-state index in [1.807, 2.05) is 0 Å². The van der Waals surface area contributed by atoms with Crippen LogP contribution in [0.15, 0.2) is 48.5 Å². The Hall–Kier alpha value is -2.37. The van der Waals surface area contributed by atoms with Gasteiger partial charge < -0.3 is 4.74 Å².